The second kappa shape index (κ2) is 6.06. The Morgan fingerprint density at radius 3 is 2.75 bits per heavy atom. The van der Waals surface area contributed by atoms with Gasteiger partial charge in [-0.3, -0.25) is 0 Å². The first-order valence-electron chi connectivity index (χ1n) is 7.12. The van der Waals surface area contributed by atoms with Crippen molar-refractivity contribution in [1.82, 2.24) is 9.97 Å². The molecule has 0 fully saturated rings. The summed E-state index contributed by atoms with van der Waals surface area (Å²) in [5, 5.41) is 4.49. The van der Waals surface area contributed by atoms with Crippen LogP contribution < -0.4 is 11.1 Å². The molecule has 2 aromatic heterocycles. The predicted octanol–water partition coefficient (Wildman–Crippen LogP) is 3.43. The molecule has 2 aromatic rings. The maximum Gasteiger partial charge on any atom is 0.138 e. The topological polar surface area (TPSA) is 63.8 Å². The summed E-state index contributed by atoms with van der Waals surface area (Å²) in [5.74, 6) is 0.898. The molecular weight excluding hydrogens is 268 g/mol. The predicted molar refractivity (Wildman–Crippen MR) is 87.3 cm³/mol. The van der Waals surface area contributed by atoms with Crippen molar-refractivity contribution >= 4 is 27.4 Å². The van der Waals surface area contributed by atoms with E-state index in [-0.39, 0.29) is 11.5 Å². The van der Waals surface area contributed by atoms with Gasteiger partial charge in [0.25, 0.3) is 0 Å². The van der Waals surface area contributed by atoms with Gasteiger partial charge in [0.15, 0.2) is 0 Å². The summed E-state index contributed by atoms with van der Waals surface area (Å²) < 4.78 is 0. The second-order valence-electron chi connectivity index (χ2n) is 6.41. The van der Waals surface area contributed by atoms with Crippen molar-refractivity contribution in [1.29, 1.82) is 0 Å². The molecule has 3 N–H and O–H groups in total. The Kier molecular flexibility index (Phi) is 4.60. The highest BCUT2D eigenvalue weighted by Crippen LogP contribution is 2.28. The van der Waals surface area contributed by atoms with Crippen molar-refractivity contribution in [3.8, 4) is 0 Å². The molecule has 0 amide bonds. The van der Waals surface area contributed by atoms with Crippen LogP contribution in [0.4, 0.5) is 5.82 Å². The fourth-order valence-corrected chi connectivity index (χ4v) is 3.24. The Hall–Kier alpha value is -1.20. The molecule has 5 heteroatoms. The molecule has 0 aliphatic rings. The van der Waals surface area contributed by atoms with Crippen molar-refractivity contribution in [2.45, 2.75) is 46.6 Å². The largest absolute Gasteiger partial charge is 0.368 e. The molecule has 2 heterocycles. The highest BCUT2D eigenvalue weighted by atomic mass is 32.1. The van der Waals surface area contributed by atoms with E-state index in [0.29, 0.717) is 0 Å². The third-order valence-electron chi connectivity index (χ3n) is 3.14. The number of hydrogen-bond acceptors (Lipinski definition) is 5. The van der Waals surface area contributed by atoms with Crippen molar-refractivity contribution < 1.29 is 0 Å². The number of nitrogens with two attached hydrogens (primary N) is 1. The lowest BCUT2D eigenvalue weighted by atomic mass is 9.88. The Labute approximate surface area is 124 Å². The number of nitrogens with zero attached hydrogens (tertiary/aromatic N) is 2. The van der Waals surface area contributed by atoms with Gasteiger partial charge in [0.2, 0.25) is 0 Å². The van der Waals surface area contributed by atoms with Crippen molar-refractivity contribution in [3.05, 3.63) is 17.3 Å². The van der Waals surface area contributed by atoms with Gasteiger partial charge in [-0.25, -0.2) is 9.97 Å². The number of rotatable bonds is 5. The minimum atomic E-state index is 0.129. The van der Waals surface area contributed by atoms with E-state index in [4.69, 9.17) is 5.73 Å². The van der Waals surface area contributed by atoms with Crippen molar-refractivity contribution in [2.75, 3.05) is 11.9 Å². The quantitative estimate of drug-likeness (QED) is 0.886. The average molecular weight is 292 g/mol. The summed E-state index contributed by atoms with van der Waals surface area (Å²) >= 11 is 1.73. The van der Waals surface area contributed by atoms with E-state index in [2.05, 4.69) is 49.0 Å². The fourth-order valence-electron chi connectivity index (χ4n) is 2.31. The molecule has 0 saturated carbocycles. The minimum Gasteiger partial charge on any atom is -0.368 e. The van der Waals surface area contributed by atoms with Crippen molar-refractivity contribution in [2.24, 2.45) is 11.1 Å². The Bertz CT molecular complexity index is 571. The third kappa shape index (κ3) is 3.90. The SMILES string of the molecule is CCc1cc2c(NCC(N)CC(C)(C)C)ncnc2s1. The molecule has 0 aliphatic heterocycles. The zero-order valence-corrected chi connectivity index (χ0v) is 13.5. The average Bonchev–Trinajstić information content (AvgIpc) is 2.77. The Morgan fingerprint density at radius 2 is 2.10 bits per heavy atom. The summed E-state index contributed by atoms with van der Waals surface area (Å²) in [5.41, 5.74) is 6.43. The van der Waals surface area contributed by atoms with Crippen LogP contribution in [0.2, 0.25) is 0 Å². The molecule has 1 unspecified atom stereocenters. The second-order valence-corrected chi connectivity index (χ2v) is 7.53. The van der Waals surface area contributed by atoms with Gasteiger partial charge in [0.05, 0.1) is 5.39 Å². The maximum atomic E-state index is 6.18. The van der Waals surface area contributed by atoms with Gasteiger partial charge >= 0.3 is 0 Å². The minimum absolute atomic E-state index is 0.129. The summed E-state index contributed by atoms with van der Waals surface area (Å²) in [7, 11) is 0. The van der Waals surface area contributed by atoms with E-state index >= 15 is 0 Å². The van der Waals surface area contributed by atoms with Crippen LogP contribution in [-0.4, -0.2) is 22.6 Å². The van der Waals surface area contributed by atoms with E-state index in [9.17, 15) is 0 Å². The molecule has 110 valence electrons. The molecule has 0 saturated heterocycles. The van der Waals surface area contributed by atoms with Gasteiger partial charge in [-0.15, -0.1) is 11.3 Å². The molecule has 2 rings (SSSR count). The highest BCUT2D eigenvalue weighted by Gasteiger charge is 2.16. The molecule has 20 heavy (non-hydrogen) atoms. The summed E-state index contributed by atoms with van der Waals surface area (Å²) in [6.45, 7) is 9.53. The smallest absolute Gasteiger partial charge is 0.138 e. The summed E-state index contributed by atoms with van der Waals surface area (Å²) in [6.07, 6.45) is 3.64. The van der Waals surface area contributed by atoms with E-state index in [1.807, 2.05) is 0 Å². The normalized spacial score (nSPS) is 13.7. The van der Waals surface area contributed by atoms with E-state index < -0.39 is 0 Å². The van der Waals surface area contributed by atoms with Crippen LogP contribution in [0.15, 0.2) is 12.4 Å². The van der Waals surface area contributed by atoms with Crippen LogP contribution >= 0.6 is 11.3 Å². The van der Waals surface area contributed by atoms with Crippen LogP contribution in [0.3, 0.4) is 0 Å². The molecule has 0 bridgehead atoms. The number of fused-ring (bicyclic) bond motifs is 1. The van der Waals surface area contributed by atoms with Crippen LogP contribution in [0, 0.1) is 5.41 Å². The van der Waals surface area contributed by atoms with Crippen LogP contribution in [0.25, 0.3) is 10.2 Å². The number of aromatic nitrogens is 2. The van der Waals surface area contributed by atoms with Gasteiger partial charge in [-0.1, -0.05) is 27.7 Å². The monoisotopic (exact) mass is 292 g/mol. The fraction of sp³-hybridized carbons (Fsp3) is 0.600. The highest BCUT2D eigenvalue weighted by molar-refractivity contribution is 7.18. The molecule has 4 nitrogen and oxygen atoms in total. The molecule has 0 aromatic carbocycles. The summed E-state index contributed by atoms with van der Waals surface area (Å²) in [6, 6.07) is 2.31. The van der Waals surface area contributed by atoms with Gasteiger partial charge in [-0.2, -0.15) is 0 Å². The molecule has 1 atom stereocenters. The van der Waals surface area contributed by atoms with Crippen LogP contribution in [0.1, 0.15) is 39.0 Å². The van der Waals surface area contributed by atoms with E-state index in [1.54, 1.807) is 17.7 Å². The molecule has 0 radical (unpaired) electrons. The van der Waals surface area contributed by atoms with Gasteiger partial charge in [0.1, 0.15) is 17.0 Å². The lowest BCUT2D eigenvalue weighted by molar-refractivity contribution is 0.344. The number of nitrogens with one attached hydrogen (secondary N) is 1. The lowest BCUT2D eigenvalue weighted by Crippen LogP contribution is -2.33. The summed E-state index contributed by atoms with van der Waals surface area (Å²) in [4.78, 5) is 11.1. The number of hydrogen-bond donors (Lipinski definition) is 2. The zero-order chi connectivity index (χ0) is 14.8. The first-order valence-corrected chi connectivity index (χ1v) is 7.93. The third-order valence-corrected chi connectivity index (χ3v) is 4.32. The Balaban J connectivity index is 2.08. The van der Waals surface area contributed by atoms with Crippen LogP contribution in [0.5, 0.6) is 0 Å². The molecule has 0 spiro atoms. The Morgan fingerprint density at radius 1 is 1.35 bits per heavy atom. The van der Waals surface area contributed by atoms with E-state index in [0.717, 1.165) is 35.4 Å². The first-order chi connectivity index (χ1) is 9.39. The molecule has 0 aliphatic carbocycles. The standard InChI is InChI=1S/C15H24N4S/c1-5-11-6-12-13(18-9-19-14(12)20-11)17-8-10(16)7-15(2,3)4/h6,9-10H,5,7-8,16H2,1-4H3,(H,17,18,19). The molecular formula is C15H24N4S. The van der Waals surface area contributed by atoms with Gasteiger partial charge in [0, 0.05) is 17.5 Å². The van der Waals surface area contributed by atoms with Gasteiger partial charge in [-0.05, 0) is 24.3 Å². The van der Waals surface area contributed by atoms with Gasteiger partial charge < -0.3 is 11.1 Å². The number of anilines is 1. The zero-order valence-electron chi connectivity index (χ0n) is 12.7. The van der Waals surface area contributed by atoms with Crippen LogP contribution in [-0.2, 0) is 6.42 Å². The first kappa shape index (κ1) is 15.2. The van der Waals surface area contributed by atoms with Crippen molar-refractivity contribution in [3.63, 3.8) is 0 Å². The lowest BCUT2D eigenvalue weighted by Gasteiger charge is -2.23. The maximum absolute atomic E-state index is 6.18. The van der Waals surface area contributed by atoms with E-state index in [1.165, 1.54) is 4.88 Å². The number of thiophene rings is 1. The number of aryl methyl sites for hydroxylation is 1.